The Kier molecular flexibility index (Phi) is 1.69. The number of hydrogen-bond donors (Lipinski definition) is 1. The second-order valence-electron chi connectivity index (χ2n) is 3.85. The van der Waals surface area contributed by atoms with E-state index in [0.717, 1.165) is 17.9 Å². The van der Waals surface area contributed by atoms with Crippen LogP contribution in [0, 0.1) is 11.8 Å². The third-order valence-electron chi connectivity index (χ3n) is 2.84. The predicted octanol–water partition coefficient (Wildman–Crippen LogP) is 1.78. The van der Waals surface area contributed by atoms with Gasteiger partial charge in [0.25, 0.3) is 0 Å². The van der Waals surface area contributed by atoms with Gasteiger partial charge < -0.3 is 5.32 Å². The van der Waals surface area contributed by atoms with Crippen LogP contribution in [0.25, 0.3) is 0 Å². The minimum atomic E-state index is 0.915. The molecule has 0 amide bonds. The molecule has 1 N–H and O–H groups in total. The summed E-state index contributed by atoms with van der Waals surface area (Å²) in [5, 5.41) is 3.58. The number of hydrogen-bond acceptors (Lipinski definition) is 1. The standard InChI is InChI=1S/C9H17N/c1-2-7-5-8(7)6-10-9-3-4-9/h7-10H,2-6H2,1H3. The molecule has 58 valence electrons. The highest BCUT2D eigenvalue weighted by molar-refractivity contribution is 4.90. The molecule has 2 saturated carbocycles. The third kappa shape index (κ3) is 1.51. The van der Waals surface area contributed by atoms with Gasteiger partial charge in [-0.1, -0.05) is 13.3 Å². The van der Waals surface area contributed by atoms with Gasteiger partial charge in [-0.05, 0) is 37.6 Å². The molecule has 0 saturated heterocycles. The lowest BCUT2D eigenvalue weighted by Crippen LogP contribution is -2.19. The summed E-state index contributed by atoms with van der Waals surface area (Å²) in [6.45, 7) is 3.62. The Labute approximate surface area is 63.2 Å². The SMILES string of the molecule is CCC1CC1CNC1CC1. The van der Waals surface area contributed by atoms with Crippen molar-refractivity contribution < 1.29 is 0 Å². The van der Waals surface area contributed by atoms with E-state index in [0.29, 0.717) is 0 Å². The lowest BCUT2D eigenvalue weighted by atomic mass is 10.2. The van der Waals surface area contributed by atoms with Gasteiger partial charge in [0.2, 0.25) is 0 Å². The lowest BCUT2D eigenvalue weighted by Gasteiger charge is -1.99. The van der Waals surface area contributed by atoms with E-state index in [9.17, 15) is 0 Å². The number of rotatable bonds is 4. The second-order valence-corrected chi connectivity index (χ2v) is 3.85. The van der Waals surface area contributed by atoms with Crippen molar-refractivity contribution in [3.63, 3.8) is 0 Å². The molecular weight excluding hydrogens is 122 g/mol. The van der Waals surface area contributed by atoms with E-state index in [1.807, 2.05) is 0 Å². The van der Waals surface area contributed by atoms with Crippen LogP contribution in [0.15, 0.2) is 0 Å². The van der Waals surface area contributed by atoms with Crippen LogP contribution in [-0.4, -0.2) is 12.6 Å². The first-order chi connectivity index (χ1) is 4.90. The van der Waals surface area contributed by atoms with E-state index >= 15 is 0 Å². The second kappa shape index (κ2) is 2.54. The maximum absolute atomic E-state index is 3.58. The minimum Gasteiger partial charge on any atom is -0.314 e. The average molecular weight is 139 g/mol. The van der Waals surface area contributed by atoms with Gasteiger partial charge in [-0.15, -0.1) is 0 Å². The van der Waals surface area contributed by atoms with Crippen molar-refractivity contribution in [2.24, 2.45) is 11.8 Å². The summed E-state index contributed by atoms with van der Waals surface area (Å²) in [4.78, 5) is 0. The Morgan fingerprint density at radius 2 is 2.10 bits per heavy atom. The van der Waals surface area contributed by atoms with Crippen LogP contribution in [0.2, 0.25) is 0 Å². The smallest absolute Gasteiger partial charge is 0.00683 e. The summed E-state index contributed by atoms with van der Waals surface area (Å²) < 4.78 is 0. The molecule has 2 aliphatic carbocycles. The molecule has 0 radical (unpaired) electrons. The van der Waals surface area contributed by atoms with E-state index in [-0.39, 0.29) is 0 Å². The molecular formula is C9H17N. The first-order valence-electron chi connectivity index (χ1n) is 4.63. The topological polar surface area (TPSA) is 12.0 Å². The molecule has 2 unspecified atom stereocenters. The predicted molar refractivity (Wildman–Crippen MR) is 42.9 cm³/mol. The Morgan fingerprint density at radius 1 is 1.30 bits per heavy atom. The fourth-order valence-electron chi connectivity index (χ4n) is 1.67. The molecule has 2 rings (SSSR count). The fraction of sp³-hybridized carbons (Fsp3) is 1.00. The van der Waals surface area contributed by atoms with Crippen molar-refractivity contribution in [3.8, 4) is 0 Å². The maximum Gasteiger partial charge on any atom is 0.00683 e. The van der Waals surface area contributed by atoms with Crippen molar-refractivity contribution in [1.82, 2.24) is 5.32 Å². The number of nitrogens with one attached hydrogen (secondary N) is 1. The van der Waals surface area contributed by atoms with Crippen LogP contribution >= 0.6 is 0 Å². The summed E-state index contributed by atoms with van der Waals surface area (Å²) in [5.74, 6) is 2.12. The zero-order valence-electron chi connectivity index (χ0n) is 6.77. The molecule has 1 heteroatoms. The highest BCUT2D eigenvalue weighted by Crippen LogP contribution is 2.40. The Morgan fingerprint density at radius 3 is 2.60 bits per heavy atom. The Balaban J connectivity index is 1.55. The maximum atomic E-state index is 3.58. The van der Waals surface area contributed by atoms with Crippen LogP contribution in [0.5, 0.6) is 0 Å². The van der Waals surface area contributed by atoms with Crippen LogP contribution in [0.3, 0.4) is 0 Å². The monoisotopic (exact) mass is 139 g/mol. The van der Waals surface area contributed by atoms with Crippen LogP contribution in [0.1, 0.15) is 32.6 Å². The fourth-order valence-corrected chi connectivity index (χ4v) is 1.67. The highest BCUT2D eigenvalue weighted by atomic mass is 15.0. The molecule has 0 aromatic heterocycles. The molecule has 0 spiro atoms. The molecule has 2 atom stereocenters. The van der Waals surface area contributed by atoms with Gasteiger partial charge in [-0.3, -0.25) is 0 Å². The van der Waals surface area contributed by atoms with Crippen molar-refractivity contribution in [2.75, 3.05) is 6.54 Å². The summed E-state index contributed by atoms with van der Waals surface area (Å²) >= 11 is 0. The zero-order chi connectivity index (χ0) is 6.97. The Hall–Kier alpha value is -0.0400. The molecule has 0 aromatic carbocycles. The van der Waals surface area contributed by atoms with Crippen molar-refractivity contribution in [3.05, 3.63) is 0 Å². The van der Waals surface area contributed by atoms with Gasteiger partial charge in [-0.25, -0.2) is 0 Å². The normalized spacial score (nSPS) is 38.1. The van der Waals surface area contributed by atoms with Gasteiger partial charge in [-0.2, -0.15) is 0 Å². The summed E-state index contributed by atoms with van der Waals surface area (Å²) in [6.07, 6.45) is 5.76. The largest absolute Gasteiger partial charge is 0.314 e. The van der Waals surface area contributed by atoms with Crippen LogP contribution in [0.4, 0.5) is 0 Å². The minimum absolute atomic E-state index is 0.915. The van der Waals surface area contributed by atoms with Crippen LogP contribution in [-0.2, 0) is 0 Å². The van der Waals surface area contributed by atoms with Crippen molar-refractivity contribution in [2.45, 2.75) is 38.6 Å². The molecule has 10 heavy (non-hydrogen) atoms. The van der Waals surface area contributed by atoms with E-state index < -0.39 is 0 Å². The van der Waals surface area contributed by atoms with Gasteiger partial charge in [0.1, 0.15) is 0 Å². The summed E-state index contributed by atoms with van der Waals surface area (Å²) in [6, 6.07) is 0.915. The first kappa shape index (κ1) is 6.66. The van der Waals surface area contributed by atoms with Gasteiger partial charge in [0.15, 0.2) is 0 Å². The lowest BCUT2D eigenvalue weighted by molar-refractivity contribution is 0.588. The van der Waals surface area contributed by atoms with Gasteiger partial charge in [0.05, 0.1) is 0 Å². The van der Waals surface area contributed by atoms with Crippen molar-refractivity contribution in [1.29, 1.82) is 0 Å². The zero-order valence-corrected chi connectivity index (χ0v) is 6.77. The van der Waals surface area contributed by atoms with E-state index in [2.05, 4.69) is 12.2 Å². The van der Waals surface area contributed by atoms with E-state index in [4.69, 9.17) is 0 Å². The summed E-state index contributed by atoms with van der Waals surface area (Å²) in [7, 11) is 0. The Bertz CT molecular complexity index is 118. The third-order valence-corrected chi connectivity index (χ3v) is 2.84. The van der Waals surface area contributed by atoms with E-state index in [1.54, 1.807) is 0 Å². The molecule has 2 fully saturated rings. The van der Waals surface area contributed by atoms with Gasteiger partial charge in [0, 0.05) is 6.04 Å². The van der Waals surface area contributed by atoms with Crippen molar-refractivity contribution >= 4 is 0 Å². The highest BCUT2D eigenvalue weighted by Gasteiger charge is 2.35. The molecule has 0 aromatic rings. The first-order valence-corrected chi connectivity index (χ1v) is 4.63. The quantitative estimate of drug-likeness (QED) is 0.626. The molecule has 2 aliphatic rings. The van der Waals surface area contributed by atoms with Crippen LogP contribution < -0.4 is 5.32 Å². The molecule has 0 bridgehead atoms. The average Bonchev–Trinajstić information content (AvgIpc) is 2.82. The molecule has 0 aliphatic heterocycles. The molecule has 0 heterocycles. The van der Waals surface area contributed by atoms with E-state index in [1.165, 1.54) is 32.2 Å². The van der Waals surface area contributed by atoms with Gasteiger partial charge >= 0.3 is 0 Å². The summed E-state index contributed by atoms with van der Waals surface area (Å²) in [5.41, 5.74) is 0. The molecule has 1 nitrogen and oxygen atoms in total.